The molecule has 3 rings (SSSR count). The van der Waals surface area contributed by atoms with E-state index >= 15 is 0 Å². The highest BCUT2D eigenvalue weighted by Crippen LogP contribution is 2.28. The number of aromatic nitrogens is 3. The third kappa shape index (κ3) is 3.85. The summed E-state index contributed by atoms with van der Waals surface area (Å²) in [6.07, 6.45) is 2.21. The Morgan fingerprint density at radius 3 is 2.54 bits per heavy atom. The molecule has 1 fully saturated rings. The summed E-state index contributed by atoms with van der Waals surface area (Å²) >= 11 is 5.68. The average Bonchev–Trinajstić information content (AvgIpc) is 3.40. The van der Waals surface area contributed by atoms with Gasteiger partial charge in [-0.3, -0.25) is 14.4 Å². The lowest BCUT2D eigenvalue weighted by atomic mass is 10.2. The number of nitrogens with zero attached hydrogens (tertiary/aromatic N) is 6. The first-order valence-electron chi connectivity index (χ1n) is 8.65. The van der Waals surface area contributed by atoms with Crippen molar-refractivity contribution in [3.8, 4) is 11.8 Å². The number of hydrogen-bond donors (Lipinski definition) is 0. The number of hydrogen-bond acceptors (Lipinski definition) is 5. The van der Waals surface area contributed by atoms with Crippen LogP contribution in [0.15, 0.2) is 24.3 Å². The maximum Gasteiger partial charge on any atom is 0.203 e. The van der Waals surface area contributed by atoms with Gasteiger partial charge in [-0.2, -0.15) is 10.4 Å². The molecule has 6 nitrogen and oxygen atoms in total. The highest BCUT2D eigenvalue weighted by molar-refractivity contribution is 7.71. The largest absolute Gasteiger partial charge is 0.300 e. The van der Waals surface area contributed by atoms with E-state index < -0.39 is 0 Å². The summed E-state index contributed by atoms with van der Waals surface area (Å²) in [5, 5.41) is 13.8. The molecule has 0 bridgehead atoms. The number of nitriles is 1. The Labute approximate surface area is 158 Å². The standard InChI is InChI=1S/C18H23FN6S/c1-13(22(2)3)17-21-24(12-23(11-10-20)15-8-9-15)18(26)25(17)16-6-4-14(19)5-7-16/h4-7,13,15H,8-9,11-12H2,1-3H3. The quantitative estimate of drug-likeness (QED) is 0.551. The fraction of sp³-hybridized carbons (Fsp3) is 0.500. The van der Waals surface area contributed by atoms with Gasteiger partial charge >= 0.3 is 0 Å². The summed E-state index contributed by atoms with van der Waals surface area (Å²) in [5.41, 5.74) is 0.782. The first-order chi connectivity index (χ1) is 12.4. The summed E-state index contributed by atoms with van der Waals surface area (Å²) in [6, 6.07) is 8.93. The molecule has 1 saturated carbocycles. The van der Waals surface area contributed by atoms with Crippen molar-refractivity contribution in [2.75, 3.05) is 20.6 Å². The van der Waals surface area contributed by atoms with Gasteiger partial charge in [0, 0.05) is 11.7 Å². The second-order valence-corrected chi connectivity index (χ2v) is 7.23. The predicted molar refractivity (Wildman–Crippen MR) is 99.8 cm³/mol. The van der Waals surface area contributed by atoms with Crippen molar-refractivity contribution in [1.82, 2.24) is 24.1 Å². The molecular formula is C18H23FN6S. The fourth-order valence-electron chi connectivity index (χ4n) is 2.85. The second-order valence-electron chi connectivity index (χ2n) is 6.87. The molecule has 0 saturated heterocycles. The fourth-order valence-corrected chi connectivity index (χ4v) is 3.15. The van der Waals surface area contributed by atoms with E-state index in [1.165, 1.54) is 12.1 Å². The van der Waals surface area contributed by atoms with Crippen LogP contribution >= 0.6 is 12.2 Å². The molecule has 26 heavy (non-hydrogen) atoms. The molecule has 1 heterocycles. The average molecular weight is 374 g/mol. The third-order valence-corrected chi connectivity index (χ3v) is 5.14. The molecule has 0 N–H and O–H groups in total. The van der Waals surface area contributed by atoms with Gasteiger partial charge in [0.2, 0.25) is 4.77 Å². The molecule has 2 aromatic rings. The minimum atomic E-state index is -0.288. The van der Waals surface area contributed by atoms with Crippen molar-refractivity contribution in [3.63, 3.8) is 0 Å². The predicted octanol–water partition coefficient (Wildman–Crippen LogP) is 3.11. The third-order valence-electron chi connectivity index (χ3n) is 4.75. The van der Waals surface area contributed by atoms with E-state index in [0.717, 1.165) is 24.4 Å². The summed E-state index contributed by atoms with van der Waals surface area (Å²) in [7, 11) is 3.96. The van der Waals surface area contributed by atoms with Gasteiger partial charge in [-0.25, -0.2) is 9.07 Å². The number of rotatable bonds is 7. The maximum atomic E-state index is 13.3. The Morgan fingerprint density at radius 1 is 1.35 bits per heavy atom. The van der Waals surface area contributed by atoms with Crippen molar-refractivity contribution >= 4 is 12.2 Å². The van der Waals surface area contributed by atoms with Crippen LogP contribution in [0.1, 0.15) is 31.6 Å². The van der Waals surface area contributed by atoms with Gasteiger partial charge in [0.1, 0.15) is 5.82 Å². The SMILES string of the molecule is CC(c1nn(CN(CC#N)C2CC2)c(=S)n1-c1ccc(F)cc1)N(C)C. The molecule has 1 aromatic heterocycles. The Hall–Kier alpha value is -2.08. The lowest BCUT2D eigenvalue weighted by Gasteiger charge is -2.19. The molecule has 1 aromatic carbocycles. The van der Waals surface area contributed by atoms with Crippen LogP contribution < -0.4 is 0 Å². The van der Waals surface area contributed by atoms with Crippen LogP contribution in [0.25, 0.3) is 5.69 Å². The Kier molecular flexibility index (Phi) is 5.51. The van der Waals surface area contributed by atoms with E-state index in [2.05, 4.69) is 22.8 Å². The van der Waals surface area contributed by atoms with Crippen LogP contribution in [-0.2, 0) is 6.67 Å². The second kappa shape index (κ2) is 7.66. The van der Waals surface area contributed by atoms with E-state index in [1.54, 1.807) is 16.8 Å². The van der Waals surface area contributed by atoms with Gasteiger partial charge in [0.05, 0.1) is 25.3 Å². The molecule has 1 aliphatic carbocycles. The number of halogens is 1. The first-order valence-corrected chi connectivity index (χ1v) is 9.06. The molecule has 0 amide bonds. The monoisotopic (exact) mass is 374 g/mol. The molecule has 1 unspecified atom stereocenters. The topological polar surface area (TPSA) is 53.0 Å². The minimum absolute atomic E-state index is 0.0216. The highest BCUT2D eigenvalue weighted by atomic mass is 32.1. The Balaban J connectivity index is 2.04. The van der Waals surface area contributed by atoms with E-state index in [1.807, 2.05) is 18.7 Å². The van der Waals surface area contributed by atoms with E-state index in [4.69, 9.17) is 22.6 Å². The highest BCUT2D eigenvalue weighted by Gasteiger charge is 2.30. The van der Waals surface area contributed by atoms with E-state index in [-0.39, 0.29) is 11.9 Å². The van der Waals surface area contributed by atoms with Gasteiger partial charge in [-0.05, 0) is 70.3 Å². The van der Waals surface area contributed by atoms with Crippen molar-refractivity contribution in [1.29, 1.82) is 5.26 Å². The smallest absolute Gasteiger partial charge is 0.203 e. The zero-order valence-corrected chi connectivity index (χ0v) is 16.1. The van der Waals surface area contributed by atoms with Crippen LogP contribution in [0.5, 0.6) is 0 Å². The summed E-state index contributed by atoms with van der Waals surface area (Å²) in [5.74, 6) is 0.503. The lowest BCUT2D eigenvalue weighted by molar-refractivity contribution is 0.217. The van der Waals surface area contributed by atoms with Gasteiger partial charge < -0.3 is 0 Å². The summed E-state index contributed by atoms with van der Waals surface area (Å²) < 4.78 is 17.5. The molecule has 138 valence electrons. The van der Waals surface area contributed by atoms with Crippen molar-refractivity contribution in [2.45, 2.75) is 38.5 Å². The van der Waals surface area contributed by atoms with E-state index in [9.17, 15) is 4.39 Å². The van der Waals surface area contributed by atoms with Crippen LogP contribution in [0.4, 0.5) is 4.39 Å². The van der Waals surface area contributed by atoms with Gasteiger partial charge in [0.25, 0.3) is 0 Å². The Bertz CT molecular complexity index is 859. The summed E-state index contributed by atoms with van der Waals surface area (Å²) in [6.45, 7) is 2.89. The van der Waals surface area contributed by atoms with Gasteiger partial charge in [-0.1, -0.05) is 0 Å². The molecule has 0 spiro atoms. The normalized spacial score (nSPS) is 15.4. The first kappa shape index (κ1) is 18.7. The van der Waals surface area contributed by atoms with Crippen LogP contribution in [0.3, 0.4) is 0 Å². The molecular weight excluding hydrogens is 351 g/mol. The van der Waals surface area contributed by atoms with Crippen LogP contribution in [0, 0.1) is 21.9 Å². The maximum absolute atomic E-state index is 13.3. The zero-order chi connectivity index (χ0) is 18.8. The Morgan fingerprint density at radius 2 is 2.00 bits per heavy atom. The van der Waals surface area contributed by atoms with Gasteiger partial charge in [0.15, 0.2) is 5.82 Å². The van der Waals surface area contributed by atoms with Crippen molar-refractivity contribution in [2.24, 2.45) is 0 Å². The van der Waals surface area contributed by atoms with Crippen molar-refractivity contribution in [3.05, 3.63) is 40.7 Å². The number of benzene rings is 1. The van der Waals surface area contributed by atoms with E-state index in [0.29, 0.717) is 24.0 Å². The summed E-state index contributed by atoms with van der Waals surface area (Å²) in [4.78, 5) is 4.15. The van der Waals surface area contributed by atoms with Gasteiger partial charge in [-0.15, -0.1) is 0 Å². The minimum Gasteiger partial charge on any atom is -0.300 e. The lowest BCUT2D eigenvalue weighted by Crippen LogP contribution is -2.29. The molecule has 1 atom stereocenters. The molecule has 8 heteroatoms. The molecule has 1 aliphatic rings. The zero-order valence-electron chi connectivity index (χ0n) is 15.3. The molecule has 0 radical (unpaired) electrons. The molecule has 0 aliphatic heterocycles. The van der Waals surface area contributed by atoms with Crippen LogP contribution in [0.2, 0.25) is 0 Å². The van der Waals surface area contributed by atoms with Crippen LogP contribution in [-0.4, -0.2) is 50.8 Å². The van der Waals surface area contributed by atoms with Crippen molar-refractivity contribution < 1.29 is 4.39 Å².